The van der Waals surface area contributed by atoms with Crippen LogP contribution in [0.2, 0.25) is 0 Å². The second kappa shape index (κ2) is 4.88. The lowest BCUT2D eigenvalue weighted by atomic mass is 9.83. The van der Waals surface area contributed by atoms with Crippen molar-refractivity contribution < 1.29 is 4.79 Å². The summed E-state index contributed by atoms with van der Waals surface area (Å²) in [5, 5.41) is 0. The Labute approximate surface area is 113 Å². The number of carbonyl (C=O) groups is 1. The predicted octanol–water partition coefficient (Wildman–Crippen LogP) is 3.41. The van der Waals surface area contributed by atoms with Gasteiger partial charge in [0.2, 0.25) is 5.91 Å². The van der Waals surface area contributed by atoms with Crippen LogP contribution < -0.4 is 0 Å². The molecular weight excluding hydrogens is 234 g/mol. The van der Waals surface area contributed by atoms with E-state index in [1.165, 1.54) is 11.1 Å². The van der Waals surface area contributed by atoms with E-state index in [0.29, 0.717) is 6.54 Å². The summed E-state index contributed by atoms with van der Waals surface area (Å²) in [7, 11) is 0. The number of carbonyl (C=O) groups excluding carboxylic acids is 1. The summed E-state index contributed by atoms with van der Waals surface area (Å²) >= 11 is 0. The Hall–Kier alpha value is -2.09. The van der Waals surface area contributed by atoms with Gasteiger partial charge in [0.1, 0.15) is 0 Å². The summed E-state index contributed by atoms with van der Waals surface area (Å²) in [4.78, 5) is 14.0. The van der Waals surface area contributed by atoms with Crippen molar-refractivity contribution in [2.24, 2.45) is 5.92 Å². The Bertz CT molecular complexity index is 564. The molecule has 19 heavy (non-hydrogen) atoms. The number of hydrogen-bond donors (Lipinski definition) is 0. The van der Waals surface area contributed by atoms with Gasteiger partial charge in [-0.05, 0) is 11.1 Å². The van der Waals surface area contributed by atoms with Crippen molar-refractivity contribution in [1.29, 1.82) is 0 Å². The van der Waals surface area contributed by atoms with Gasteiger partial charge in [0.25, 0.3) is 0 Å². The van der Waals surface area contributed by atoms with Crippen molar-refractivity contribution in [3.63, 3.8) is 0 Å². The van der Waals surface area contributed by atoms with Gasteiger partial charge in [-0.2, -0.15) is 0 Å². The number of β-lactam (4-membered cyclic amide) rings is 1. The largest absolute Gasteiger partial charge is 0.330 e. The topological polar surface area (TPSA) is 20.3 Å². The van der Waals surface area contributed by atoms with Gasteiger partial charge in [-0.25, -0.2) is 0 Å². The first kappa shape index (κ1) is 12.0. The van der Waals surface area contributed by atoms with Gasteiger partial charge in [0, 0.05) is 6.54 Å². The third kappa shape index (κ3) is 2.14. The minimum Gasteiger partial charge on any atom is -0.330 e. The van der Waals surface area contributed by atoms with E-state index in [1.54, 1.807) is 0 Å². The van der Waals surface area contributed by atoms with Crippen molar-refractivity contribution in [3.05, 3.63) is 71.8 Å². The van der Waals surface area contributed by atoms with Crippen LogP contribution in [0.15, 0.2) is 60.7 Å². The van der Waals surface area contributed by atoms with E-state index in [9.17, 15) is 4.79 Å². The molecule has 0 bridgehead atoms. The SMILES string of the molecule is C[C@@H]1C(=O)N(Cc2ccccc2)[C@@H]1c1ccccc1. The molecule has 0 unspecified atom stereocenters. The number of rotatable bonds is 3. The van der Waals surface area contributed by atoms with E-state index < -0.39 is 0 Å². The molecule has 2 aromatic carbocycles. The van der Waals surface area contributed by atoms with Gasteiger partial charge in [-0.1, -0.05) is 67.6 Å². The summed E-state index contributed by atoms with van der Waals surface area (Å²) in [6.07, 6.45) is 0. The van der Waals surface area contributed by atoms with Gasteiger partial charge in [-0.15, -0.1) is 0 Å². The fourth-order valence-corrected chi connectivity index (χ4v) is 2.80. The molecule has 2 heteroatoms. The van der Waals surface area contributed by atoms with Crippen molar-refractivity contribution in [3.8, 4) is 0 Å². The molecule has 2 aromatic rings. The molecular formula is C17H17NO. The molecule has 1 amide bonds. The van der Waals surface area contributed by atoms with Crippen LogP contribution in [-0.4, -0.2) is 10.8 Å². The van der Waals surface area contributed by atoms with Crippen molar-refractivity contribution in [2.45, 2.75) is 19.5 Å². The zero-order chi connectivity index (χ0) is 13.2. The average Bonchev–Trinajstić information content (AvgIpc) is 2.48. The Kier molecular flexibility index (Phi) is 3.08. The van der Waals surface area contributed by atoms with Crippen LogP contribution >= 0.6 is 0 Å². The summed E-state index contributed by atoms with van der Waals surface area (Å²) in [5.74, 6) is 0.337. The number of nitrogens with zero attached hydrogens (tertiary/aromatic N) is 1. The van der Waals surface area contributed by atoms with Gasteiger partial charge >= 0.3 is 0 Å². The molecule has 0 spiro atoms. The predicted molar refractivity (Wildman–Crippen MR) is 75.3 cm³/mol. The quantitative estimate of drug-likeness (QED) is 0.766. The molecule has 1 heterocycles. The Morgan fingerprint density at radius 1 is 0.947 bits per heavy atom. The first-order valence-electron chi connectivity index (χ1n) is 6.67. The zero-order valence-corrected chi connectivity index (χ0v) is 11.0. The van der Waals surface area contributed by atoms with E-state index >= 15 is 0 Å². The Balaban J connectivity index is 1.82. The van der Waals surface area contributed by atoms with Crippen LogP contribution in [0.4, 0.5) is 0 Å². The maximum atomic E-state index is 12.1. The first-order chi connectivity index (χ1) is 9.27. The minimum atomic E-state index is 0.0890. The third-order valence-electron chi connectivity index (χ3n) is 3.82. The third-order valence-corrected chi connectivity index (χ3v) is 3.82. The Morgan fingerprint density at radius 2 is 1.53 bits per heavy atom. The lowest BCUT2D eigenvalue weighted by Crippen LogP contribution is -2.52. The van der Waals surface area contributed by atoms with Crippen molar-refractivity contribution in [2.75, 3.05) is 0 Å². The zero-order valence-electron chi connectivity index (χ0n) is 11.0. The van der Waals surface area contributed by atoms with Gasteiger partial charge in [0.15, 0.2) is 0 Å². The fraction of sp³-hybridized carbons (Fsp3) is 0.235. The van der Waals surface area contributed by atoms with E-state index in [2.05, 4.69) is 24.3 Å². The van der Waals surface area contributed by atoms with E-state index in [4.69, 9.17) is 0 Å². The maximum Gasteiger partial charge on any atom is 0.228 e. The smallest absolute Gasteiger partial charge is 0.228 e. The molecule has 1 saturated heterocycles. The normalized spacial score (nSPS) is 22.2. The molecule has 0 radical (unpaired) electrons. The lowest BCUT2D eigenvalue weighted by Gasteiger charge is -2.46. The highest BCUT2D eigenvalue weighted by Gasteiger charge is 2.44. The summed E-state index contributed by atoms with van der Waals surface area (Å²) < 4.78 is 0. The van der Waals surface area contributed by atoms with E-state index in [-0.39, 0.29) is 17.9 Å². The van der Waals surface area contributed by atoms with Gasteiger partial charge < -0.3 is 4.90 Å². The molecule has 2 atom stereocenters. The number of benzene rings is 2. The highest BCUT2D eigenvalue weighted by molar-refractivity contribution is 5.86. The summed E-state index contributed by atoms with van der Waals surface area (Å²) in [5.41, 5.74) is 2.41. The van der Waals surface area contributed by atoms with E-state index in [1.807, 2.05) is 48.2 Å². The Morgan fingerprint density at radius 3 is 2.16 bits per heavy atom. The van der Waals surface area contributed by atoms with Crippen LogP contribution in [0, 0.1) is 5.92 Å². The molecule has 96 valence electrons. The van der Waals surface area contributed by atoms with Gasteiger partial charge in [0.05, 0.1) is 12.0 Å². The average molecular weight is 251 g/mol. The van der Waals surface area contributed by atoms with Crippen molar-refractivity contribution in [1.82, 2.24) is 4.90 Å². The van der Waals surface area contributed by atoms with Crippen LogP contribution in [0.1, 0.15) is 24.1 Å². The highest BCUT2D eigenvalue weighted by atomic mass is 16.2. The number of hydrogen-bond acceptors (Lipinski definition) is 1. The van der Waals surface area contributed by atoms with Crippen molar-refractivity contribution >= 4 is 5.91 Å². The minimum absolute atomic E-state index is 0.0890. The summed E-state index contributed by atoms with van der Waals surface area (Å²) in [6.45, 7) is 2.71. The standard InChI is InChI=1S/C17H17NO/c1-13-16(15-10-6-3-7-11-15)18(17(13)19)12-14-8-4-2-5-9-14/h2-11,13,16H,12H2,1H3/t13-,16-/m0/s1. The maximum absolute atomic E-state index is 12.1. The molecule has 1 aliphatic rings. The second-order valence-electron chi connectivity index (χ2n) is 5.10. The molecule has 0 N–H and O–H groups in total. The molecule has 3 rings (SSSR count). The molecule has 2 nitrogen and oxygen atoms in total. The van der Waals surface area contributed by atoms with Crippen LogP contribution in [0.5, 0.6) is 0 Å². The lowest BCUT2D eigenvalue weighted by molar-refractivity contribution is -0.156. The molecule has 1 aliphatic heterocycles. The van der Waals surface area contributed by atoms with Crippen LogP contribution in [0.25, 0.3) is 0 Å². The molecule has 1 fully saturated rings. The van der Waals surface area contributed by atoms with Crippen LogP contribution in [-0.2, 0) is 11.3 Å². The van der Waals surface area contributed by atoms with E-state index in [0.717, 1.165) is 0 Å². The fourth-order valence-electron chi connectivity index (χ4n) is 2.80. The number of likely N-dealkylation sites (tertiary alicyclic amines) is 1. The molecule has 0 aliphatic carbocycles. The first-order valence-corrected chi connectivity index (χ1v) is 6.67. The highest BCUT2D eigenvalue weighted by Crippen LogP contribution is 2.40. The molecule has 0 saturated carbocycles. The van der Waals surface area contributed by atoms with Gasteiger partial charge in [-0.3, -0.25) is 4.79 Å². The monoisotopic (exact) mass is 251 g/mol. The summed E-state index contributed by atoms with van der Waals surface area (Å²) in [6, 6.07) is 20.7. The van der Waals surface area contributed by atoms with Crippen LogP contribution in [0.3, 0.4) is 0 Å². The molecule has 0 aromatic heterocycles. The second-order valence-corrected chi connectivity index (χ2v) is 5.10. The number of amides is 1.